The Morgan fingerprint density at radius 1 is 0.455 bits per heavy atom. The fourth-order valence-corrected chi connectivity index (χ4v) is 21.4. The highest BCUT2D eigenvalue weighted by molar-refractivity contribution is 7.11. The lowest BCUT2D eigenvalue weighted by atomic mass is 10.0. The summed E-state index contributed by atoms with van der Waals surface area (Å²) in [6.45, 7) is 13.9. The van der Waals surface area contributed by atoms with E-state index in [1.165, 1.54) is 20.7 Å². The Morgan fingerprint density at radius 3 is 1.07 bits per heavy atom. The molecule has 0 aliphatic carbocycles. The molecule has 9 heteroatoms. The number of hydrogen-bond donors (Lipinski definition) is 0. The summed E-state index contributed by atoms with van der Waals surface area (Å²) in [6.07, 6.45) is 1.17. The summed E-state index contributed by atoms with van der Waals surface area (Å²) in [5, 5.41) is 27.0. The van der Waals surface area contributed by atoms with Crippen molar-refractivity contribution in [2.75, 3.05) is 0 Å². The number of benzene rings is 6. The molecule has 0 heterocycles. The molecule has 6 aromatic rings. The van der Waals surface area contributed by atoms with Crippen molar-refractivity contribution < 1.29 is 14.0 Å². The van der Waals surface area contributed by atoms with Gasteiger partial charge in [0.25, 0.3) is 28.0 Å². The van der Waals surface area contributed by atoms with E-state index in [0.29, 0.717) is 12.8 Å². The van der Waals surface area contributed by atoms with Gasteiger partial charge in [-0.2, -0.15) is 0 Å². The molecule has 0 N–H and O–H groups in total. The Kier molecular flexibility index (Phi) is 11.2. The van der Waals surface area contributed by atoms with Crippen LogP contribution in [-0.4, -0.2) is 26.5 Å². The Labute approximate surface area is 326 Å². The smallest absolute Gasteiger partial charge is 0.269 e. The third kappa shape index (κ3) is 7.73. The van der Waals surface area contributed by atoms with Crippen molar-refractivity contribution in [3.63, 3.8) is 0 Å². The highest BCUT2D eigenvalue weighted by Gasteiger charge is 2.61. The lowest BCUT2D eigenvalue weighted by molar-refractivity contribution is -0.385. The van der Waals surface area contributed by atoms with Crippen LogP contribution in [0.2, 0.25) is 10.1 Å². The number of rotatable bonds is 12. The molecule has 6 aromatic carbocycles. The second kappa shape index (κ2) is 15.7. The summed E-state index contributed by atoms with van der Waals surface area (Å²) in [6, 6.07) is 52.4. The van der Waals surface area contributed by atoms with E-state index < -0.39 is 16.6 Å². The molecule has 0 fully saturated rings. The van der Waals surface area contributed by atoms with Gasteiger partial charge in [0.2, 0.25) is 0 Å². The number of nitro benzene ring substituents is 2. The van der Waals surface area contributed by atoms with Crippen molar-refractivity contribution >= 4 is 48.8 Å². The van der Waals surface area contributed by atoms with Crippen LogP contribution in [0.5, 0.6) is 0 Å². The van der Waals surface area contributed by atoms with Crippen LogP contribution in [0.15, 0.2) is 158 Å². The van der Waals surface area contributed by atoms with Crippen LogP contribution < -0.4 is 20.7 Å². The van der Waals surface area contributed by atoms with E-state index in [1.807, 2.05) is 24.3 Å². The van der Waals surface area contributed by atoms with E-state index in [9.17, 15) is 20.2 Å². The summed E-state index contributed by atoms with van der Waals surface area (Å²) in [5.41, 5.74) is 4.37. The Bertz CT molecular complexity index is 2110. The van der Waals surface area contributed by atoms with Gasteiger partial charge in [0.05, 0.1) is 9.85 Å². The van der Waals surface area contributed by atoms with E-state index in [1.54, 1.807) is 24.3 Å². The topological polar surface area (TPSA) is 95.5 Å². The summed E-state index contributed by atoms with van der Waals surface area (Å²) < 4.78 is 8.66. The first-order chi connectivity index (χ1) is 26.2. The average Bonchev–Trinajstić information content (AvgIpc) is 3.16. The second-order valence-electron chi connectivity index (χ2n) is 16.2. The van der Waals surface area contributed by atoms with E-state index >= 15 is 0 Å². The molecule has 6 rings (SSSR count). The lowest BCUT2D eigenvalue weighted by Crippen LogP contribution is -2.78. The maximum atomic E-state index is 11.5. The van der Waals surface area contributed by atoms with Crippen molar-refractivity contribution in [3.05, 3.63) is 200 Å². The van der Waals surface area contributed by atoms with E-state index in [2.05, 4.69) is 151 Å². The minimum Gasteiger partial charge on any atom is -0.441 e. The fourth-order valence-electron chi connectivity index (χ4n) is 8.04. The summed E-state index contributed by atoms with van der Waals surface area (Å²) in [5.74, 6) is 0. The largest absolute Gasteiger partial charge is 0.441 e. The molecule has 280 valence electrons. The zero-order chi connectivity index (χ0) is 39.4. The predicted molar refractivity (Wildman–Crippen MR) is 228 cm³/mol. The number of hydrogen-bond acceptors (Lipinski definition) is 5. The fraction of sp³-hybridized carbons (Fsp3) is 0.217. The quantitative estimate of drug-likeness (QED) is 0.0704. The number of nitro groups is 2. The van der Waals surface area contributed by atoms with E-state index in [4.69, 9.17) is 4.12 Å². The molecule has 0 saturated heterocycles. The van der Waals surface area contributed by atoms with Crippen LogP contribution in [0.4, 0.5) is 11.4 Å². The minimum absolute atomic E-state index is 0.0688. The van der Waals surface area contributed by atoms with Gasteiger partial charge < -0.3 is 4.12 Å². The Balaban J connectivity index is 1.66. The van der Waals surface area contributed by atoms with Crippen LogP contribution in [0.1, 0.15) is 63.8 Å². The first-order valence-electron chi connectivity index (χ1n) is 18.6. The van der Waals surface area contributed by atoms with Crippen LogP contribution in [0, 0.1) is 20.2 Å². The number of non-ortho nitro benzene ring substituents is 2. The zero-order valence-corrected chi connectivity index (χ0v) is 34.4. The molecule has 0 aromatic heterocycles. The molecule has 0 saturated carbocycles. The normalized spacial score (nSPS) is 14.1. The standard InChI is InChI=1S/C46H48N2O5Si2/c1-45(2,3)54(41-19-9-7-10-20-41,43-23-15-13-17-37(43)33-35-25-29-39(30-26-35)47(49)50)53-55(46(4,5)6,42-21-11-8-12-22-42)44-24-16-14-18-38(44)34-36-27-31-40(32-28-36)48(51)52/h7-32H,33-34H2,1-6H3. The molecule has 2 atom stereocenters. The average molecular weight is 765 g/mol. The van der Waals surface area contributed by atoms with Crippen LogP contribution in [0.3, 0.4) is 0 Å². The Morgan fingerprint density at radius 2 is 0.764 bits per heavy atom. The highest BCUT2D eigenvalue weighted by Crippen LogP contribution is 2.45. The molecule has 0 bridgehead atoms. The minimum atomic E-state index is -3.34. The van der Waals surface area contributed by atoms with Crippen molar-refractivity contribution in [1.82, 2.24) is 0 Å². The van der Waals surface area contributed by atoms with Crippen LogP contribution in [-0.2, 0) is 17.0 Å². The first kappa shape index (κ1) is 39.2. The molecule has 55 heavy (non-hydrogen) atoms. The van der Waals surface area contributed by atoms with Crippen molar-refractivity contribution in [1.29, 1.82) is 0 Å². The molecule has 0 spiro atoms. The molecule has 0 aliphatic heterocycles. The monoisotopic (exact) mass is 764 g/mol. The van der Waals surface area contributed by atoms with Crippen LogP contribution in [0.25, 0.3) is 0 Å². The molecular weight excluding hydrogens is 717 g/mol. The molecule has 2 unspecified atom stereocenters. The van der Waals surface area contributed by atoms with Gasteiger partial charge in [0.1, 0.15) is 0 Å². The molecule has 0 amide bonds. The predicted octanol–water partition coefficient (Wildman–Crippen LogP) is 9.12. The van der Waals surface area contributed by atoms with E-state index in [0.717, 1.165) is 22.3 Å². The maximum absolute atomic E-state index is 11.5. The second-order valence-corrected chi connectivity index (χ2v) is 25.0. The highest BCUT2D eigenvalue weighted by atomic mass is 28.4. The number of nitrogens with zero attached hydrogens (tertiary/aromatic N) is 2. The van der Waals surface area contributed by atoms with Gasteiger partial charge in [-0.05, 0) is 65.9 Å². The maximum Gasteiger partial charge on any atom is 0.269 e. The van der Waals surface area contributed by atoms with E-state index in [-0.39, 0.29) is 31.3 Å². The van der Waals surface area contributed by atoms with Crippen molar-refractivity contribution in [3.8, 4) is 0 Å². The van der Waals surface area contributed by atoms with Crippen LogP contribution >= 0.6 is 0 Å². The summed E-state index contributed by atoms with van der Waals surface area (Å²) in [4.78, 5) is 22.3. The molecule has 0 radical (unpaired) electrons. The summed E-state index contributed by atoms with van der Waals surface area (Å²) >= 11 is 0. The van der Waals surface area contributed by atoms with Gasteiger partial charge in [-0.25, -0.2) is 0 Å². The van der Waals surface area contributed by atoms with Gasteiger partial charge in [0, 0.05) is 24.3 Å². The van der Waals surface area contributed by atoms with Gasteiger partial charge >= 0.3 is 0 Å². The van der Waals surface area contributed by atoms with Gasteiger partial charge in [-0.15, -0.1) is 0 Å². The zero-order valence-electron chi connectivity index (χ0n) is 32.4. The van der Waals surface area contributed by atoms with Gasteiger partial charge in [0.15, 0.2) is 0 Å². The van der Waals surface area contributed by atoms with Gasteiger partial charge in [-0.1, -0.05) is 175 Å². The lowest BCUT2D eigenvalue weighted by Gasteiger charge is -2.54. The molecule has 0 aliphatic rings. The third-order valence-electron chi connectivity index (χ3n) is 10.7. The SMILES string of the molecule is CC(C)(C)[Si](O[Si](c1ccccc1)(c1ccccc1Cc1ccc([N+](=O)[O-])cc1)C(C)(C)C)(c1ccccc1)c1ccccc1Cc1ccc([N+](=O)[O-])cc1. The van der Waals surface area contributed by atoms with Gasteiger partial charge in [-0.3, -0.25) is 20.2 Å². The summed E-state index contributed by atoms with van der Waals surface area (Å²) in [7, 11) is -6.69. The van der Waals surface area contributed by atoms with Crippen molar-refractivity contribution in [2.45, 2.75) is 64.5 Å². The Hall–Kier alpha value is -5.49. The third-order valence-corrected chi connectivity index (χ3v) is 22.1. The first-order valence-corrected chi connectivity index (χ1v) is 22.4. The molecular formula is C46H48N2O5Si2. The van der Waals surface area contributed by atoms with Crippen molar-refractivity contribution in [2.24, 2.45) is 0 Å². The molecule has 7 nitrogen and oxygen atoms in total.